The predicted molar refractivity (Wildman–Crippen MR) is 87.1 cm³/mol. The van der Waals surface area contributed by atoms with Crippen LogP contribution in [0.1, 0.15) is 26.2 Å². The van der Waals surface area contributed by atoms with E-state index in [1.54, 1.807) is 6.08 Å². The molecule has 3 unspecified atom stereocenters. The van der Waals surface area contributed by atoms with E-state index in [-0.39, 0.29) is 24.7 Å². The Morgan fingerprint density at radius 2 is 2.14 bits per heavy atom. The summed E-state index contributed by atoms with van der Waals surface area (Å²) in [6, 6.07) is -1.10. The molecule has 122 valence electrons. The summed E-state index contributed by atoms with van der Waals surface area (Å²) in [4.78, 5) is 11.9. The zero-order valence-electron chi connectivity index (χ0n) is 13.2. The smallest absolute Gasteiger partial charge is 0.315 e. The molecule has 6 N–H and O–H groups in total. The Labute approximate surface area is 127 Å². The third-order valence-electron chi connectivity index (χ3n) is 3.30. The van der Waals surface area contributed by atoms with Crippen molar-refractivity contribution in [2.75, 3.05) is 20.1 Å². The molecule has 21 heavy (non-hydrogen) atoms. The third-order valence-corrected chi connectivity index (χ3v) is 3.30. The van der Waals surface area contributed by atoms with Gasteiger partial charge >= 0.3 is 6.03 Å². The number of amides is 2. The lowest BCUT2D eigenvalue weighted by Crippen LogP contribution is -2.51. The topological polar surface area (TPSA) is 99.4 Å². The van der Waals surface area contributed by atoms with Crippen LogP contribution in [0.5, 0.6) is 0 Å². The molecule has 0 aromatic carbocycles. The zero-order valence-corrected chi connectivity index (χ0v) is 13.2. The molecule has 0 aromatic rings. The van der Waals surface area contributed by atoms with Crippen LogP contribution in [0.25, 0.3) is 0 Å². The largest absolute Gasteiger partial charge is 0.391 e. The molecule has 0 bridgehead atoms. The van der Waals surface area contributed by atoms with Crippen LogP contribution in [0.3, 0.4) is 0 Å². The number of hydrogen-bond acceptors (Lipinski definition) is 4. The quantitative estimate of drug-likeness (QED) is 0.283. The van der Waals surface area contributed by atoms with Gasteiger partial charge < -0.3 is 26.8 Å². The van der Waals surface area contributed by atoms with E-state index in [0.717, 1.165) is 25.0 Å². The molecule has 6 nitrogen and oxygen atoms in total. The van der Waals surface area contributed by atoms with Crippen LogP contribution in [0.4, 0.5) is 4.79 Å². The number of rotatable bonds is 11. The molecule has 0 aliphatic carbocycles. The summed E-state index contributed by atoms with van der Waals surface area (Å²) in [5.74, 6) is 0. The van der Waals surface area contributed by atoms with E-state index in [1.165, 1.54) is 0 Å². The fourth-order valence-electron chi connectivity index (χ4n) is 1.85. The average Bonchev–Trinajstić information content (AvgIpc) is 2.49. The van der Waals surface area contributed by atoms with Crippen LogP contribution in [0, 0.1) is 0 Å². The van der Waals surface area contributed by atoms with Crippen LogP contribution < -0.4 is 21.7 Å². The summed E-state index contributed by atoms with van der Waals surface area (Å²) in [6.45, 7) is 10.6. The molecular formula is C15H30N4O2. The second-order valence-electron chi connectivity index (χ2n) is 5.06. The van der Waals surface area contributed by atoms with E-state index in [9.17, 15) is 9.90 Å². The minimum Gasteiger partial charge on any atom is -0.391 e. The number of aliphatic hydroxyl groups is 1. The SMILES string of the molecule is C=CC(N)C(NC(=O)NCC(O)CCCNC)C(=C)CC. The molecule has 0 rings (SSSR count). The molecule has 0 spiro atoms. The van der Waals surface area contributed by atoms with Gasteiger partial charge in [-0.05, 0) is 32.9 Å². The Morgan fingerprint density at radius 1 is 1.48 bits per heavy atom. The third kappa shape index (κ3) is 8.49. The van der Waals surface area contributed by atoms with Gasteiger partial charge in [0.1, 0.15) is 0 Å². The first-order valence-corrected chi connectivity index (χ1v) is 7.39. The summed E-state index contributed by atoms with van der Waals surface area (Å²) in [5.41, 5.74) is 6.74. The number of aliphatic hydroxyl groups excluding tert-OH is 1. The predicted octanol–water partition coefficient (Wildman–Crippen LogP) is 0.494. The monoisotopic (exact) mass is 298 g/mol. The zero-order chi connectivity index (χ0) is 16.3. The fraction of sp³-hybridized carbons (Fsp3) is 0.667. The summed E-state index contributed by atoms with van der Waals surface area (Å²) in [6.07, 6.45) is 3.25. The first kappa shape index (κ1) is 19.6. The van der Waals surface area contributed by atoms with Gasteiger partial charge in [-0.1, -0.05) is 25.2 Å². The summed E-state index contributed by atoms with van der Waals surface area (Å²) >= 11 is 0. The summed E-state index contributed by atoms with van der Waals surface area (Å²) in [7, 11) is 1.86. The van der Waals surface area contributed by atoms with Crippen molar-refractivity contribution >= 4 is 6.03 Å². The van der Waals surface area contributed by atoms with Gasteiger partial charge in [-0.25, -0.2) is 4.79 Å². The molecule has 0 saturated heterocycles. The molecule has 3 atom stereocenters. The van der Waals surface area contributed by atoms with Gasteiger partial charge in [-0.3, -0.25) is 0 Å². The van der Waals surface area contributed by atoms with E-state index in [2.05, 4.69) is 29.1 Å². The van der Waals surface area contributed by atoms with Gasteiger partial charge in [0, 0.05) is 12.6 Å². The van der Waals surface area contributed by atoms with Gasteiger partial charge in [0.15, 0.2) is 0 Å². The maximum Gasteiger partial charge on any atom is 0.315 e. The second kappa shape index (κ2) is 11.3. The number of carbonyl (C=O) groups excluding carboxylic acids is 1. The standard InChI is InChI=1S/C15H30N4O2/c1-5-11(3)14(13(16)6-2)19-15(21)18-10-12(20)8-7-9-17-4/h6,12-14,17,20H,2-3,5,7-10,16H2,1,4H3,(H2,18,19,21). The number of hydrogen-bond donors (Lipinski definition) is 5. The van der Waals surface area contributed by atoms with E-state index in [4.69, 9.17) is 5.73 Å². The highest BCUT2D eigenvalue weighted by molar-refractivity contribution is 5.74. The van der Waals surface area contributed by atoms with E-state index >= 15 is 0 Å². The molecule has 0 aliphatic rings. The van der Waals surface area contributed by atoms with Gasteiger partial charge in [-0.15, -0.1) is 6.58 Å². The molecule has 0 heterocycles. The van der Waals surface area contributed by atoms with Crippen molar-refractivity contribution in [3.05, 3.63) is 24.8 Å². The van der Waals surface area contributed by atoms with Crippen molar-refractivity contribution in [3.8, 4) is 0 Å². The van der Waals surface area contributed by atoms with Crippen molar-refractivity contribution in [3.63, 3.8) is 0 Å². The lowest BCUT2D eigenvalue weighted by atomic mass is 9.99. The van der Waals surface area contributed by atoms with Crippen LogP contribution in [-0.2, 0) is 0 Å². The van der Waals surface area contributed by atoms with Gasteiger partial charge in [0.05, 0.1) is 12.1 Å². The van der Waals surface area contributed by atoms with Crippen LogP contribution in [-0.4, -0.2) is 49.5 Å². The number of carbonyl (C=O) groups is 1. The molecule has 0 fully saturated rings. The lowest BCUT2D eigenvalue weighted by Gasteiger charge is -2.25. The fourth-order valence-corrected chi connectivity index (χ4v) is 1.85. The van der Waals surface area contributed by atoms with Crippen molar-refractivity contribution < 1.29 is 9.90 Å². The van der Waals surface area contributed by atoms with E-state index in [0.29, 0.717) is 6.42 Å². The Hall–Kier alpha value is -1.37. The number of nitrogens with two attached hydrogens (primary N) is 1. The molecule has 0 saturated carbocycles. The Balaban J connectivity index is 4.19. The Kier molecular flexibility index (Phi) is 10.6. The molecule has 2 amide bonds. The van der Waals surface area contributed by atoms with E-state index in [1.807, 2.05) is 14.0 Å². The Bertz CT molecular complexity index is 334. The van der Waals surface area contributed by atoms with Gasteiger partial charge in [0.25, 0.3) is 0 Å². The maximum absolute atomic E-state index is 11.9. The van der Waals surface area contributed by atoms with Crippen LogP contribution in [0.2, 0.25) is 0 Å². The normalized spacial score (nSPS) is 14.9. The van der Waals surface area contributed by atoms with Gasteiger partial charge in [-0.2, -0.15) is 0 Å². The first-order chi connectivity index (χ1) is 9.96. The van der Waals surface area contributed by atoms with Gasteiger partial charge in [0.2, 0.25) is 0 Å². The van der Waals surface area contributed by atoms with Crippen LogP contribution in [0.15, 0.2) is 24.8 Å². The minimum absolute atomic E-state index is 0.212. The summed E-state index contributed by atoms with van der Waals surface area (Å²) < 4.78 is 0. The molecular weight excluding hydrogens is 268 g/mol. The number of nitrogens with one attached hydrogen (secondary N) is 3. The summed E-state index contributed by atoms with van der Waals surface area (Å²) in [5, 5.41) is 18.2. The molecule has 0 radical (unpaired) electrons. The second-order valence-corrected chi connectivity index (χ2v) is 5.06. The van der Waals surface area contributed by atoms with Crippen molar-refractivity contribution in [2.45, 2.75) is 44.4 Å². The average molecular weight is 298 g/mol. The molecule has 0 aliphatic heterocycles. The molecule has 6 heteroatoms. The minimum atomic E-state index is -0.551. The highest BCUT2D eigenvalue weighted by Gasteiger charge is 2.20. The number of urea groups is 1. The highest BCUT2D eigenvalue weighted by Crippen LogP contribution is 2.08. The highest BCUT2D eigenvalue weighted by atomic mass is 16.3. The van der Waals surface area contributed by atoms with Crippen molar-refractivity contribution in [1.29, 1.82) is 0 Å². The van der Waals surface area contributed by atoms with E-state index < -0.39 is 6.10 Å². The van der Waals surface area contributed by atoms with Crippen molar-refractivity contribution in [2.24, 2.45) is 5.73 Å². The first-order valence-electron chi connectivity index (χ1n) is 7.39. The van der Waals surface area contributed by atoms with Crippen molar-refractivity contribution in [1.82, 2.24) is 16.0 Å². The molecule has 0 aromatic heterocycles. The lowest BCUT2D eigenvalue weighted by molar-refractivity contribution is 0.158. The Morgan fingerprint density at radius 3 is 2.67 bits per heavy atom. The maximum atomic E-state index is 11.9. The van der Waals surface area contributed by atoms with Crippen LogP contribution >= 0.6 is 0 Å².